The third-order valence-electron chi connectivity index (χ3n) is 8.28. The summed E-state index contributed by atoms with van der Waals surface area (Å²) >= 11 is 0. The van der Waals surface area contributed by atoms with Crippen molar-refractivity contribution >= 4 is 11.9 Å². The van der Waals surface area contributed by atoms with Gasteiger partial charge in [-0.15, -0.1) is 0 Å². The maximum atomic E-state index is 12.3. The molecule has 0 heterocycles. The fourth-order valence-electron chi connectivity index (χ4n) is 5.57. The van der Waals surface area contributed by atoms with E-state index in [0.717, 1.165) is 83.5 Å². The van der Waals surface area contributed by atoms with Crippen LogP contribution in [-0.2, 0) is 20.7 Å². The number of rotatable bonds is 30. The Hall–Kier alpha value is -2.14. The van der Waals surface area contributed by atoms with Crippen molar-refractivity contribution in [3.8, 4) is 5.75 Å². The van der Waals surface area contributed by atoms with E-state index in [2.05, 4.69) is 26.0 Å². The molecule has 44 heavy (non-hydrogen) atoms. The zero-order chi connectivity index (χ0) is 31.9. The molecule has 0 spiro atoms. The standard InChI is InChI=1S/C39H66O5/c1-3-5-7-8-15-21-33-43-38(41)30-19-13-9-11-17-24-35(28-23-32-40)25-18-12-10-14-20-31-39(42)44-37-29-22-27-36(34-37)26-16-6-4-2/h22,27-29,34,40H,3-21,23-26,30-33H2,1-2H3/b35-28+. The number of carbonyl (C=O) groups is 2. The number of benzene rings is 1. The second kappa shape index (κ2) is 29.6. The van der Waals surface area contributed by atoms with Gasteiger partial charge in [-0.05, 0) is 81.9 Å². The lowest BCUT2D eigenvalue weighted by atomic mass is 9.98. The number of ether oxygens (including phenoxy) is 2. The fourth-order valence-corrected chi connectivity index (χ4v) is 5.57. The van der Waals surface area contributed by atoms with Gasteiger partial charge in [0, 0.05) is 19.4 Å². The number of unbranched alkanes of at least 4 members (excludes halogenated alkanes) is 15. The fraction of sp³-hybridized carbons (Fsp3) is 0.744. The van der Waals surface area contributed by atoms with Crippen molar-refractivity contribution in [3.05, 3.63) is 41.5 Å². The minimum Gasteiger partial charge on any atom is -0.466 e. The van der Waals surface area contributed by atoms with Crippen molar-refractivity contribution in [1.82, 2.24) is 0 Å². The van der Waals surface area contributed by atoms with Gasteiger partial charge in [-0.2, -0.15) is 0 Å². The van der Waals surface area contributed by atoms with E-state index >= 15 is 0 Å². The molecule has 5 nitrogen and oxygen atoms in total. The molecule has 0 radical (unpaired) electrons. The van der Waals surface area contributed by atoms with Crippen LogP contribution in [0.25, 0.3) is 0 Å². The van der Waals surface area contributed by atoms with Gasteiger partial charge in [0.15, 0.2) is 0 Å². The molecule has 5 heteroatoms. The van der Waals surface area contributed by atoms with Gasteiger partial charge in [-0.3, -0.25) is 9.59 Å². The quantitative estimate of drug-likeness (QED) is 0.0404. The van der Waals surface area contributed by atoms with Gasteiger partial charge < -0.3 is 14.6 Å². The molecule has 0 amide bonds. The monoisotopic (exact) mass is 614 g/mol. The summed E-state index contributed by atoms with van der Waals surface area (Å²) in [6.45, 7) is 5.22. The molecule has 0 unspecified atom stereocenters. The molecule has 0 aliphatic rings. The first-order chi connectivity index (χ1) is 21.6. The van der Waals surface area contributed by atoms with Crippen molar-refractivity contribution in [2.75, 3.05) is 13.2 Å². The molecule has 1 aromatic rings. The van der Waals surface area contributed by atoms with Crippen LogP contribution in [0.2, 0.25) is 0 Å². The normalized spacial score (nSPS) is 11.6. The highest BCUT2D eigenvalue weighted by Gasteiger charge is 2.07. The van der Waals surface area contributed by atoms with Crippen LogP contribution in [-0.4, -0.2) is 30.3 Å². The minimum absolute atomic E-state index is 0.0357. The van der Waals surface area contributed by atoms with Crippen LogP contribution < -0.4 is 4.74 Å². The second-order valence-corrected chi connectivity index (χ2v) is 12.5. The number of hydrogen-bond donors (Lipinski definition) is 1. The van der Waals surface area contributed by atoms with Gasteiger partial charge in [0.25, 0.3) is 0 Å². The molecule has 0 aliphatic heterocycles. The van der Waals surface area contributed by atoms with E-state index in [1.54, 1.807) is 0 Å². The number of hydrogen-bond acceptors (Lipinski definition) is 5. The topological polar surface area (TPSA) is 72.8 Å². The Labute approximate surface area is 270 Å². The lowest BCUT2D eigenvalue weighted by Crippen LogP contribution is -2.07. The van der Waals surface area contributed by atoms with Crippen LogP contribution in [0.4, 0.5) is 0 Å². The average molecular weight is 615 g/mol. The average Bonchev–Trinajstić information content (AvgIpc) is 3.02. The summed E-state index contributed by atoms with van der Waals surface area (Å²) in [4.78, 5) is 24.2. The van der Waals surface area contributed by atoms with Gasteiger partial charge in [0.1, 0.15) is 5.75 Å². The first kappa shape index (κ1) is 39.9. The Kier molecular flexibility index (Phi) is 26.8. The van der Waals surface area contributed by atoms with E-state index < -0.39 is 0 Å². The molecule has 0 fully saturated rings. The van der Waals surface area contributed by atoms with Crippen molar-refractivity contribution in [3.63, 3.8) is 0 Å². The molecule has 0 saturated carbocycles. The first-order valence-corrected chi connectivity index (χ1v) is 18.3. The molecule has 0 saturated heterocycles. The summed E-state index contributed by atoms with van der Waals surface area (Å²) < 4.78 is 11.0. The zero-order valence-electron chi connectivity index (χ0n) is 28.6. The van der Waals surface area contributed by atoms with Gasteiger partial charge in [0.05, 0.1) is 6.61 Å². The summed E-state index contributed by atoms with van der Waals surface area (Å²) in [6.07, 6.45) is 29.0. The lowest BCUT2D eigenvalue weighted by molar-refractivity contribution is -0.144. The number of esters is 2. The molecule has 1 rings (SSSR count). The van der Waals surface area contributed by atoms with Gasteiger partial charge >= 0.3 is 11.9 Å². The zero-order valence-corrected chi connectivity index (χ0v) is 28.6. The van der Waals surface area contributed by atoms with Crippen LogP contribution in [0.5, 0.6) is 5.75 Å². The molecule has 1 aromatic carbocycles. The Balaban J connectivity index is 2.06. The Morgan fingerprint density at radius 3 is 1.84 bits per heavy atom. The van der Waals surface area contributed by atoms with Gasteiger partial charge in [0.2, 0.25) is 0 Å². The highest BCUT2D eigenvalue weighted by molar-refractivity contribution is 5.72. The highest BCUT2D eigenvalue weighted by Crippen LogP contribution is 2.20. The molecule has 0 aliphatic carbocycles. The van der Waals surface area contributed by atoms with Crippen molar-refractivity contribution in [2.24, 2.45) is 0 Å². The summed E-state index contributed by atoms with van der Waals surface area (Å²) in [7, 11) is 0. The Bertz CT molecular complexity index is 862. The molecule has 252 valence electrons. The van der Waals surface area contributed by atoms with E-state index in [4.69, 9.17) is 9.47 Å². The van der Waals surface area contributed by atoms with Gasteiger partial charge in [-0.1, -0.05) is 121 Å². The first-order valence-electron chi connectivity index (χ1n) is 18.3. The molecular weight excluding hydrogens is 548 g/mol. The minimum atomic E-state index is -0.131. The maximum Gasteiger partial charge on any atom is 0.311 e. The second-order valence-electron chi connectivity index (χ2n) is 12.5. The summed E-state index contributed by atoms with van der Waals surface area (Å²) in [5.74, 6) is 0.504. The van der Waals surface area contributed by atoms with Crippen LogP contribution >= 0.6 is 0 Å². The van der Waals surface area contributed by atoms with Crippen molar-refractivity contribution in [1.29, 1.82) is 0 Å². The molecule has 0 atom stereocenters. The van der Waals surface area contributed by atoms with Crippen LogP contribution in [0.15, 0.2) is 35.9 Å². The number of allylic oxidation sites excluding steroid dienone is 1. The summed E-state index contributed by atoms with van der Waals surface area (Å²) in [6, 6.07) is 7.97. The maximum absolute atomic E-state index is 12.3. The third-order valence-corrected chi connectivity index (χ3v) is 8.28. The van der Waals surface area contributed by atoms with Crippen molar-refractivity contribution < 1.29 is 24.2 Å². The SMILES string of the molecule is CCCCCCCCOC(=O)CCCCCCC/C(=C\CCO)CCCCCCCC(=O)Oc1cccc(CCCCC)c1. The highest BCUT2D eigenvalue weighted by atomic mass is 16.5. The molecule has 1 N–H and O–H groups in total. The number of aliphatic hydroxyl groups excluding tert-OH is 1. The summed E-state index contributed by atoms with van der Waals surface area (Å²) in [5, 5.41) is 9.28. The van der Waals surface area contributed by atoms with E-state index in [0.29, 0.717) is 25.2 Å². The van der Waals surface area contributed by atoms with E-state index in [1.807, 2.05) is 18.2 Å². The van der Waals surface area contributed by atoms with Crippen LogP contribution in [0, 0.1) is 0 Å². The third kappa shape index (κ3) is 24.2. The van der Waals surface area contributed by atoms with Gasteiger partial charge in [-0.25, -0.2) is 0 Å². The number of aliphatic hydroxyl groups is 1. The van der Waals surface area contributed by atoms with Crippen molar-refractivity contribution in [2.45, 2.75) is 174 Å². The van der Waals surface area contributed by atoms with Crippen LogP contribution in [0.3, 0.4) is 0 Å². The predicted molar refractivity (Wildman–Crippen MR) is 184 cm³/mol. The Morgan fingerprint density at radius 2 is 1.20 bits per heavy atom. The summed E-state index contributed by atoms with van der Waals surface area (Å²) in [5.41, 5.74) is 2.71. The molecule has 0 bridgehead atoms. The number of aryl methyl sites for hydroxylation is 1. The lowest BCUT2D eigenvalue weighted by Gasteiger charge is -2.09. The largest absolute Gasteiger partial charge is 0.466 e. The molecule has 0 aromatic heterocycles. The van der Waals surface area contributed by atoms with E-state index in [-0.39, 0.29) is 18.5 Å². The van der Waals surface area contributed by atoms with E-state index in [9.17, 15) is 14.7 Å². The predicted octanol–water partition coefficient (Wildman–Crippen LogP) is 11.0. The Morgan fingerprint density at radius 1 is 0.659 bits per heavy atom. The molecular formula is C39H66O5. The smallest absolute Gasteiger partial charge is 0.311 e. The number of carbonyl (C=O) groups excluding carboxylic acids is 2. The van der Waals surface area contributed by atoms with Crippen LogP contribution in [0.1, 0.15) is 174 Å². The van der Waals surface area contributed by atoms with E-state index in [1.165, 1.54) is 75.3 Å².